The van der Waals surface area contributed by atoms with Crippen molar-refractivity contribution in [1.29, 1.82) is 0 Å². The van der Waals surface area contributed by atoms with E-state index in [1.807, 2.05) is 37.3 Å². The molecule has 2 aromatic carbocycles. The number of methoxy groups -OCH3 is 2. The van der Waals surface area contributed by atoms with Crippen molar-refractivity contribution in [1.82, 2.24) is 0 Å². The van der Waals surface area contributed by atoms with Crippen molar-refractivity contribution in [2.45, 2.75) is 20.0 Å². The number of carbonyl (C=O) groups is 2. The number of benzene rings is 2. The fraction of sp³-hybridized carbons (Fsp3) is 0.300. The molecule has 26 heavy (non-hydrogen) atoms. The predicted molar refractivity (Wildman–Crippen MR) is 98.9 cm³/mol. The molecule has 0 aliphatic rings. The molecule has 0 aliphatic carbocycles. The number of hydrogen-bond acceptors (Lipinski definition) is 5. The molecule has 0 unspecified atom stereocenters. The van der Waals surface area contributed by atoms with Gasteiger partial charge in [-0.1, -0.05) is 24.3 Å². The lowest BCUT2D eigenvalue weighted by Gasteiger charge is -2.24. The highest BCUT2D eigenvalue weighted by molar-refractivity contribution is 6.00. The second-order valence-electron chi connectivity index (χ2n) is 5.51. The van der Waals surface area contributed by atoms with Crippen LogP contribution in [0.4, 0.5) is 5.69 Å². The van der Waals surface area contributed by atoms with Crippen LogP contribution in [-0.2, 0) is 9.53 Å². The van der Waals surface area contributed by atoms with Crippen molar-refractivity contribution in [3.8, 4) is 11.5 Å². The van der Waals surface area contributed by atoms with Crippen LogP contribution >= 0.6 is 0 Å². The smallest absolute Gasteiger partial charge is 0.342 e. The number of likely N-dealkylation sites (N-methyl/N-ethyl adjacent to an activating group) is 1. The average molecular weight is 357 g/mol. The molecule has 0 N–H and O–H groups in total. The Morgan fingerprint density at radius 3 is 2.27 bits per heavy atom. The minimum absolute atomic E-state index is 0.203. The highest BCUT2D eigenvalue weighted by atomic mass is 16.6. The summed E-state index contributed by atoms with van der Waals surface area (Å²) in [6.45, 7) is 3.89. The van der Waals surface area contributed by atoms with E-state index < -0.39 is 12.1 Å². The van der Waals surface area contributed by atoms with Gasteiger partial charge in [-0.05, 0) is 38.1 Å². The Morgan fingerprint density at radius 1 is 1.00 bits per heavy atom. The van der Waals surface area contributed by atoms with E-state index in [1.54, 1.807) is 30.0 Å². The van der Waals surface area contributed by atoms with Gasteiger partial charge >= 0.3 is 5.97 Å². The third kappa shape index (κ3) is 4.14. The monoisotopic (exact) mass is 357 g/mol. The van der Waals surface area contributed by atoms with Crippen molar-refractivity contribution in [3.05, 3.63) is 54.1 Å². The molecule has 0 heterocycles. The highest BCUT2D eigenvalue weighted by Crippen LogP contribution is 2.31. The number of esters is 1. The average Bonchev–Trinajstić information content (AvgIpc) is 2.68. The molecule has 0 saturated carbocycles. The summed E-state index contributed by atoms with van der Waals surface area (Å²) in [5, 5.41) is 0. The van der Waals surface area contributed by atoms with Crippen LogP contribution in [0.5, 0.6) is 11.5 Å². The van der Waals surface area contributed by atoms with Crippen LogP contribution in [0.1, 0.15) is 24.2 Å². The van der Waals surface area contributed by atoms with Crippen molar-refractivity contribution >= 4 is 17.6 Å². The molecule has 6 heteroatoms. The number of ether oxygens (including phenoxy) is 3. The maximum Gasteiger partial charge on any atom is 0.342 e. The van der Waals surface area contributed by atoms with E-state index in [4.69, 9.17) is 14.2 Å². The summed E-state index contributed by atoms with van der Waals surface area (Å²) in [5.74, 6) is -0.255. The van der Waals surface area contributed by atoms with Crippen molar-refractivity contribution < 1.29 is 23.8 Å². The summed E-state index contributed by atoms with van der Waals surface area (Å²) in [7, 11) is 2.93. The summed E-state index contributed by atoms with van der Waals surface area (Å²) < 4.78 is 15.8. The Hall–Kier alpha value is -3.02. The topological polar surface area (TPSA) is 65.1 Å². The number of carbonyl (C=O) groups excluding carboxylic acids is 2. The minimum atomic E-state index is -0.946. The summed E-state index contributed by atoms with van der Waals surface area (Å²) in [4.78, 5) is 26.8. The minimum Gasteiger partial charge on any atom is -0.493 e. The third-order valence-electron chi connectivity index (χ3n) is 3.90. The molecule has 2 rings (SSSR count). The van der Waals surface area contributed by atoms with E-state index in [9.17, 15) is 9.59 Å². The number of hydrogen-bond donors (Lipinski definition) is 0. The molecule has 1 atom stereocenters. The number of anilines is 1. The Labute approximate surface area is 153 Å². The van der Waals surface area contributed by atoms with Crippen LogP contribution in [0.2, 0.25) is 0 Å². The molecule has 0 bridgehead atoms. The van der Waals surface area contributed by atoms with Gasteiger partial charge in [0.2, 0.25) is 0 Å². The SMILES string of the molecule is CCN(C(=O)[C@H](C)OC(=O)c1cccc(OC)c1OC)c1ccccc1. The zero-order valence-electron chi connectivity index (χ0n) is 15.4. The molecule has 138 valence electrons. The van der Waals surface area contributed by atoms with E-state index in [2.05, 4.69) is 0 Å². The van der Waals surface area contributed by atoms with Gasteiger partial charge in [0.1, 0.15) is 5.56 Å². The van der Waals surface area contributed by atoms with E-state index in [-0.39, 0.29) is 17.2 Å². The van der Waals surface area contributed by atoms with Gasteiger partial charge in [0, 0.05) is 12.2 Å². The Morgan fingerprint density at radius 2 is 1.69 bits per heavy atom. The van der Waals surface area contributed by atoms with Gasteiger partial charge in [-0.2, -0.15) is 0 Å². The van der Waals surface area contributed by atoms with Gasteiger partial charge in [0.25, 0.3) is 5.91 Å². The lowest BCUT2D eigenvalue weighted by molar-refractivity contribution is -0.126. The zero-order valence-corrected chi connectivity index (χ0v) is 15.4. The maximum atomic E-state index is 12.7. The van der Waals surface area contributed by atoms with Crippen molar-refractivity contribution in [2.24, 2.45) is 0 Å². The van der Waals surface area contributed by atoms with Crippen LogP contribution in [0.25, 0.3) is 0 Å². The highest BCUT2D eigenvalue weighted by Gasteiger charge is 2.26. The third-order valence-corrected chi connectivity index (χ3v) is 3.90. The Bertz CT molecular complexity index is 760. The number of nitrogens with zero attached hydrogens (tertiary/aromatic N) is 1. The van der Waals surface area contributed by atoms with Gasteiger partial charge < -0.3 is 19.1 Å². The number of amides is 1. The fourth-order valence-corrected chi connectivity index (χ4v) is 2.62. The van der Waals surface area contributed by atoms with Crippen LogP contribution in [0.15, 0.2) is 48.5 Å². The maximum absolute atomic E-state index is 12.7. The summed E-state index contributed by atoms with van der Waals surface area (Å²) in [6, 6.07) is 14.1. The van der Waals surface area contributed by atoms with E-state index in [1.165, 1.54) is 14.2 Å². The van der Waals surface area contributed by atoms with Gasteiger partial charge in [0.15, 0.2) is 17.6 Å². The Balaban J connectivity index is 2.17. The molecule has 0 fully saturated rings. The summed E-state index contributed by atoms with van der Waals surface area (Å²) >= 11 is 0. The van der Waals surface area contributed by atoms with Crippen molar-refractivity contribution in [3.63, 3.8) is 0 Å². The normalized spacial score (nSPS) is 11.4. The lowest BCUT2D eigenvalue weighted by Crippen LogP contribution is -2.40. The second kappa shape index (κ2) is 8.89. The van der Waals surface area contributed by atoms with E-state index >= 15 is 0 Å². The van der Waals surface area contributed by atoms with Gasteiger partial charge in [-0.15, -0.1) is 0 Å². The number of para-hydroxylation sites is 2. The van der Waals surface area contributed by atoms with Crippen molar-refractivity contribution in [2.75, 3.05) is 25.7 Å². The molecule has 0 aliphatic heterocycles. The molecule has 1 amide bonds. The molecule has 0 saturated heterocycles. The largest absolute Gasteiger partial charge is 0.493 e. The predicted octanol–water partition coefficient (Wildman–Crippen LogP) is 3.30. The van der Waals surface area contributed by atoms with Crippen LogP contribution in [-0.4, -0.2) is 38.7 Å². The first kappa shape index (κ1) is 19.3. The molecule has 6 nitrogen and oxygen atoms in total. The quantitative estimate of drug-likeness (QED) is 0.712. The molecular weight excluding hydrogens is 334 g/mol. The van der Waals surface area contributed by atoms with Crippen LogP contribution in [0, 0.1) is 0 Å². The lowest BCUT2D eigenvalue weighted by atomic mass is 10.2. The first-order valence-corrected chi connectivity index (χ1v) is 8.31. The van der Waals surface area contributed by atoms with E-state index in [0.29, 0.717) is 12.3 Å². The molecule has 0 aromatic heterocycles. The standard InChI is InChI=1S/C20H23NO5/c1-5-21(15-10-7-6-8-11-15)19(22)14(2)26-20(23)16-12-9-13-17(24-3)18(16)25-4/h6-14H,5H2,1-4H3/t14-/m0/s1. The first-order valence-electron chi connectivity index (χ1n) is 8.31. The van der Waals surface area contributed by atoms with Crippen LogP contribution < -0.4 is 14.4 Å². The van der Waals surface area contributed by atoms with Crippen LogP contribution in [0.3, 0.4) is 0 Å². The zero-order chi connectivity index (χ0) is 19.1. The summed E-state index contributed by atoms with van der Waals surface area (Å²) in [5.41, 5.74) is 0.955. The number of rotatable bonds is 7. The summed E-state index contributed by atoms with van der Waals surface area (Å²) in [6.07, 6.45) is -0.946. The van der Waals surface area contributed by atoms with Gasteiger partial charge in [0.05, 0.1) is 14.2 Å². The van der Waals surface area contributed by atoms with Gasteiger partial charge in [-0.25, -0.2) is 4.79 Å². The first-order chi connectivity index (χ1) is 12.5. The second-order valence-corrected chi connectivity index (χ2v) is 5.51. The molecule has 0 radical (unpaired) electrons. The molecular formula is C20H23NO5. The Kier molecular flexibility index (Phi) is 6.60. The molecule has 0 spiro atoms. The fourth-order valence-electron chi connectivity index (χ4n) is 2.62. The van der Waals surface area contributed by atoms with E-state index in [0.717, 1.165) is 5.69 Å². The van der Waals surface area contributed by atoms with Gasteiger partial charge in [-0.3, -0.25) is 4.79 Å². The molecule has 2 aromatic rings.